The van der Waals surface area contributed by atoms with E-state index >= 15 is 0 Å². The molecule has 0 aliphatic heterocycles. The summed E-state index contributed by atoms with van der Waals surface area (Å²) in [4.78, 5) is 2.64. The summed E-state index contributed by atoms with van der Waals surface area (Å²) in [5.41, 5.74) is 0. The lowest BCUT2D eigenvalue weighted by Gasteiger charge is -2.37. The Balaban J connectivity index is 1.55. The summed E-state index contributed by atoms with van der Waals surface area (Å²) in [6.07, 6.45) is 13.0. The maximum atomic E-state index is 9.33. The third kappa shape index (κ3) is 2.75. The highest BCUT2D eigenvalue weighted by atomic mass is 16.3. The Morgan fingerprint density at radius 1 is 0.944 bits per heavy atom. The van der Waals surface area contributed by atoms with Gasteiger partial charge in [0, 0.05) is 19.1 Å². The molecule has 18 heavy (non-hydrogen) atoms. The number of rotatable bonds is 5. The Morgan fingerprint density at radius 3 is 2.39 bits per heavy atom. The molecule has 3 fully saturated rings. The van der Waals surface area contributed by atoms with Crippen molar-refractivity contribution in [2.24, 2.45) is 17.8 Å². The van der Waals surface area contributed by atoms with Gasteiger partial charge in [-0.1, -0.05) is 25.7 Å². The zero-order valence-electron chi connectivity index (χ0n) is 11.7. The van der Waals surface area contributed by atoms with Crippen molar-refractivity contribution < 1.29 is 5.11 Å². The summed E-state index contributed by atoms with van der Waals surface area (Å²) >= 11 is 0. The van der Waals surface area contributed by atoms with E-state index in [0.29, 0.717) is 6.61 Å². The summed E-state index contributed by atoms with van der Waals surface area (Å²) in [5.74, 6) is 3.04. The first-order valence-corrected chi connectivity index (χ1v) is 8.21. The topological polar surface area (TPSA) is 23.5 Å². The van der Waals surface area contributed by atoms with E-state index in [1.807, 2.05) is 0 Å². The van der Waals surface area contributed by atoms with Crippen molar-refractivity contribution in [2.75, 3.05) is 19.7 Å². The molecule has 0 amide bonds. The minimum absolute atomic E-state index is 0.345. The van der Waals surface area contributed by atoms with Crippen molar-refractivity contribution in [2.45, 2.75) is 63.8 Å². The number of hydrogen-bond acceptors (Lipinski definition) is 2. The van der Waals surface area contributed by atoms with Crippen molar-refractivity contribution in [3.8, 4) is 0 Å². The molecule has 2 heteroatoms. The second-order valence-electron chi connectivity index (χ2n) is 6.95. The molecule has 0 radical (unpaired) electrons. The van der Waals surface area contributed by atoms with Gasteiger partial charge in [-0.25, -0.2) is 0 Å². The number of fused-ring (bicyclic) bond motifs is 2. The average molecular weight is 251 g/mol. The molecule has 0 aromatic heterocycles. The minimum Gasteiger partial charge on any atom is -0.395 e. The molecule has 0 aromatic rings. The van der Waals surface area contributed by atoms with Crippen LogP contribution >= 0.6 is 0 Å². The number of nitrogens with zero attached hydrogens (tertiary/aromatic N) is 1. The van der Waals surface area contributed by atoms with Crippen LogP contribution in [0.3, 0.4) is 0 Å². The summed E-state index contributed by atoms with van der Waals surface area (Å²) < 4.78 is 0. The molecule has 0 spiro atoms. The molecular formula is C16H29NO. The van der Waals surface area contributed by atoms with Gasteiger partial charge in [0.2, 0.25) is 0 Å². The molecule has 0 saturated heterocycles. The molecule has 0 heterocycles. The summed E-state index contributed by atoms with van der Waals surface area (Å²) in [6.45, 7) is 2.54. The lowest BCUT2D eigenvalue weighted by atomic mass is 9.87. The summed E-state index contributed by atoms with van der Waals surface area (Å²) in [7, 11) is 0. The third-order valence-electron chi connectivity index (χ3n) is 5.83. The molecule has 2 nitrogen and oxygen atoms in total. The van der Waals surface area contributed by atoms with Crippen LogP contribution in [0.15, 0.2) is 0 Å². The first-order valence-electron chi connectivity index (χ1n) is 8.21. The highest BCUT2D eigenvalue weighted by molar-refractivity contribution is 4.92. The van der Waals surface area contributed by atoms with E-state index < -0.39 is 0 Å². The lowest BCUT2D eigenvalue weighted by molar-refractivity contribution is 0.0929. The highest BCUT2D eigenvalue weighted by Crippen LogP contribution is 2.48. The van der Waals surface area contributed by atoms with Gasteiger partial charge < -0.3 is 5.11 Å². The molecule has 104 valence electrons. The van der Waals surface area contributed by atoms with Crippen LogP contribution in [0.25, 0.3) is 0 Å². The fourth-order valence-corrected chi connectivity index (χ4v) is 4.90. The third-order valence-corrected chi connectivity index (χ3v) is 5.83. The van der Waals surface area contributed by atoms with Crippen LogP contribution in [0.4, 0.5) is 0 Å². The van der Waals surface area contributed by atoms with Crippen molar-refractivity contribution in [1.82, 2.24) is 4.90 Å². The molecule has 0 aromatic carbocycles. The van der Waals surface area contributed by atoms with Crippen LogP contribution in [0.2, 0.25) is 0 Å². The van der Waals surface area contributed by atoms with Gasteiger partial charge in [0.15, 0.2) is 0 Å². The van der Waals surface area contributed by atoms with Crippen LogP contribution < -0.4 is 0 Å². The fourth-order valence-electron chi connectivity index (χ4n) is 4.90. The van der Waals surface area contributed by atoms with Gasteiger partial charge in [0.05, 0.1) is 6.61 Å². The van der Waals surface area contributed by atoms with E-state index in [9.17, 15) is 5.11 Å². The van der Waals surface area contributed by atoms with Crippen molar-refractivity contribution >= 4 is 0 Å². The van der Waals surface area contributed by atoms with E-state index in [2.05, 4.69) is 4.90 Å². The standard InChI is InChI=1S/C16H29NO/c18-9-8-17(16-4-2-1-3-5-16)12-15-11-13-6-7-14(15)10-13/h13-16,18H,1-12H2. The SMILES string of the molecule is OCCN(CC1CC2CCC1C2)C1CCCCC1. The number of aliphatic hydroxyl groups is 1. The summed E-state index contributed by atoms with van der Waals surface area (Å²) in [5, 5.41) is 9.33. The second-order valence-corrected chi connectivity index (χ2v) is 6.95. The maximum Gasteiger partial charge on any atom is 0.0558 e. The van der Waals surface area contributed by atoms with Crippen molar-refractivity contribution in [1.29, 1.82) is 0 Å². The quantitative estimate of drug-likeness (QED) is 0.812. The van der Waals surface area contributed by atoms with E-state index in [1.165, 1.54) is 64.3 Å². The predicted molar refractivity (Wildman–Crippen MR) is 74.5 cm³/mol. The van der Waals surface area contributed by atoms with Crippen LogP contribution in [-0.4, -0.2) is 35.7 Å². The van der Waals surface area contributed by atoms with Crippen molar-refractivity contribution in [3.63, 3.8) is 0 Å². The molecule has 3 atom stereocenters. The Morgan fingerprint density at radius 2 is 1.78 bits per heavy atom. The Bertz CT molecular complexity index is 262. The van der Waals surface area contributed by atoms with Gasteiger partial charge in [-0.15, -0.1) is 0 Å². The molecule has 1 N–H and O–H groups in total. The largest absolute Gasteiger partial charge is 0.395 e. The van der Waals surface area contributed by atoms with E-state index in [0.717, 1.165) is 30.3 Å². The summed E-state index contributed by atoms with van der Waals surface area (Å²) in [6, 6.07) is 0.782. The minimum atomic E-state index is 0.345. The van der Waals surface area contributed by atoms with E-state index in [4.69, 9.17) is 0 Å². The van der Waals surface area contributed by atoms with Crippen molar-refractivity contribution in [3.05, 3.63) is 0 Å². The zero-order valence-corrected chi connectivity index (χ0v) is 11.7. The van der Waals surface area contributed by atoms with E-state index in [-0.39, 0.29) is 0 Å². The average Bonchev–Trinajstić information content (AvgIpc) is 3.01. The zero-order chi connectivity index (χ0) is 12.4. The second kappa shape index (κ2) is 5.92. The van der Waals surface area contributed by atoms with Gasteiger partial charge >= 0.3 is 0 Å². The molecule has 3 aliphatic rings. The molecule has 3 rings (SSSR count). The van der Waals surface area contributed by atoms with Gasteiger partial charge in [0.1, 0.15) is 0 Å². The Hall–Kier alpha value is -0.0800. The normalized spacial score (nSPS) is 36.7. The van der Waals surface area contributed by atoms with Crippen LogP contribution in [0, 0.1) is 17.8 Å². The predicted octanol–water partition coefficient (Wildman–Crippen LogP) is 3.05. The molecule has 3 unspecified atom stereocenters. The van der Waals surface area contributed by atoms with E-state index in [1.54, 1.807) is 0 Å². The van der Waals surface area contributed by atoms with Crippen LogP contribution in [0.5, 0.6) is 0 Å². The Labute approximate surface area is 112 Å². The smallest absolute Gasteiger partial charge is 0.0558 e. The first kappa shape index (κ1) is 12.9. The monoisotopic (exact) mass is 251 g/mol. The fraction of sp³-hybridized carbons (Fsp3) is 1.00. The molecule has 3 aliphatic carbocycles. The molecule has 3 saturated carbocycles. The maximum absolute atomic E-state index is 9.33. The van der Waals surface area contributed by atoms with Gasteiger partial charge in [-0.05, 0) is 49.9 Å². The Kier molecular flexibility index (Phi) is 4.25. The number of hydrogen-bond donors (Lipinski definition) is 1. The molecular weight excluding hydrogens is 222 g/mol. The molecule has 2 bridgehead atoms. The van der Waals surface area contributed by atoms with Gasteiger partial charge in [-0.3, -0.25) is 4.90 Å². The lowest BCUT2D eigenvalue weighted by Crippen LogP contribution is -2.42. The highest BCUT2D eigenvalue weighted by Gasteiger charge is 2.40. The van der Waals surface area contributed by atoms with Gasteiger partial charge in [-0.2, -0.15) is 0 Å². The van der Waals surface area contributed by atoms with Gasteiger partial charge in [0.25, 0.3) is 0 Å². The van der Waals surface area contributed by atoms with Crippen LogP contribution in [-0.2, 0) is 0 Å². The van der Waals surface area contributed by atoms with Crippen LogP contribution in [0.1, 0.15) is 57.8 Å². The number of aliphatic hydroxyl groups excluding tert-OH is 1. The first-order chi connectivity index (χ1) is 8.86.